The van der Waals surface area contributed by atoms with E-state index in [9.17, 15) is 4.79 Å². The first-order chi connectivity index (χ1) is 10.1. The zero-order valence-electron chi connectivity index (χ0n) is 12.5. The molecule has 0 radical (unpaired) electrons. The lowest BCUT2D eigenvalue weighted by atomic mass is 10.3. The minimum atomic E-state index is -0.0811. The number of thiophene rings is 1. The second-order valence-electron chi connectivity index (χ2n) is 4.60. The topological polar surface area (TPSA) is 76.1 Å². The summed E-state index contributed by atoms with van der Waals surface area (Å²) < 4.78 is 4.89. The van der Waals surface area contributed by atoms with Crippen LogP contribution in [0.5, 0.6) is 0 Å². The first-order valence-electron chi connectivity index (χ1n) is 6.90. The molecule has 0 saturated carbocycles. The Morgan fingerprint density at radius 3 is 2.95 bits per heavy atom. The molecule has 21 heavy (non-hydrogen) atoms. The number of carbonyl (C=O) groups excluding carboxylic acids is 1. The van der Waals surface area contributed by atoms with Crippen molar-refractivity contribution in [3.8, 4) is 0 Å². The molecule has 2 heterocycles. The number of nitrogens with zero attached hydrogens (tertiary/aromatic N) is 2. The van der Waals surface area contributed by atoms with E-state index in [-0.39, 0.29) is 12.5 Å². The number of aryl methyl sites for hydroxylation is 2. The van der Waals surface area contributed by atoms with Crippen molar-refractivity contribution in [1.29, 1.82) is 0 Å². The highest BCUT2D eigenvalue weighted by Gasteiger charge is 2.10. The highest BCUT2D eigenvalue weighted by molar-refractivity contribution is 7.18. The smallest absolute Gasteiger partial charge is 0.239 e. The SMILES string of the molecule is CCc1cc2c(NCC(=O)NCCOC)nc(C)nc2s1. The summed E-state index contributed by atoms with van der Waals surface area (Å²) in [6.45, 7) is 5.17. The standard InChI is InChI=1S/C14H20N4O2S/c1-4-10-7-11-13(17-9(2)18-14(11)21-10)16-8-12(19)15-5-6-20-3/h7H,4-6,8H2,1-3H3,(H,15,19)(H,16,17,18). The van der Waals surface area contributed by atoms with Gasteiger partial charge in [-0.2, -0.15) is 0 Å². The van der Waals surface area contributed by atoms with Crippen LogP contribution in [-0.2, 0) is 16.0 Å². The van der Waals surface area contributed by atoms with E-state index in [0.717, 1.165) is 22.5 Å². The molecule has 2 aromatic heterocycles. The number of rotatable bonds is 7. The molecule has 0 spiro atoms. The van der Waals surface area contributed by atoms with Crippen LogP contribution in [0.2, 0.25) is 0 Å². The van der Waals surface area contributed by atoms with E-state index in [0.29, 0.717) is 19.0 Å². The van der Waals surface area contributed by atoms with Gasteiger partial charge in [0.25, 0.3) is 0 Å². The quantitative estimate of drug-likeness (QED) is 0.762. The predicted molar refractivity (Wildman–Crippen MR) is 84.9 cm³/mol. The van der Waals surface area contributed by atoms with Gasteiger partial charge < -0.3 is 15.4 Å². The molecule has 2 aromatic rings. The summed E-state index contributed by atoms with van der Waals surface area (Å²) >= 11 is 1.67. The van der Waals surface area contributed by atoms with E-state index < -0.39 is 0 Å². The molecule has 2 rings (SSSR count). The van der Waals surface area contributed by atoms with Gasteiger partial charge in [-0.25, -0.2) is 9.97 Å². The zero-order chi connectivity index (χ0) is 15.2. The lowest BCUT2D eigenvalue weighted by Crippen LogP contribution is -2.32. The number of fused-ring (bicyclic) bond motifs is 1. The van der Waals surface area contributed by atoms with E-state index in [1.807, 2.05) is 6.92 Å². The van der Waals surface area contributed by atoms with Gasteiger partial charge in [-0.15, -0.1) is 11.3 Å². The molecule has 0 aromatic carbocycles. The van der Waals surface area contributed by atoms with Crippen molar-refractivity contribution in [2.24, 2.45) is 0 Å². The van der Waals surface area contributed by atoms with E-state index in [2.05, 4.69) is 33.6 Å². The number of methoxy groups -OCH3 is 1. The molecule has 6 nitrogen and oxygen atoms in total. The van der Waals surface area contributed by atoms with Gasteiger partial charge in [0.2, 0.25) is 5.91 Å². The number of nitrogens with one attached hydrogen (secondary N) is 2. The van der Waals surface area contributed by atoms with Gasteiger partial charge >= 0.3 is 0 Å². The molecule has 0 aliphatic rings. The molecular formula is C14H20N4O2S. The highest BCUT2D eigenvalue weighted by Crippen LogP contribution is 2.29. The fourth-order valence-electron chi connectivity index (χ4n) is 1.91. The summed E-state index contributed by atoms with van der Waals surface area (Å²) in [5.74, 6) is 1.34. The average Bonchev–Trinajstić information content (AvgIpc) is 2.88. The zero-order valence-corrected chi connectivity index (χ0v) is 13.3. The van der Waals surface area contributed by atoms with Crippen molar-refractivity contribution >= 4 is 33.3 Å². The van der Waals surface area contributed by atoms with Crippen LogP contribution < -0.4 is 10.6 Å². The number of ether oxygens (including phenoxy) is 1. The molecule has 114 valence electrons. The van der Waals surface area contributed by atoms with Crippen LogP contribution in [0, 0.1) is 6.92 Å². The van der Waals surface area contributed by atoms with Crippen LogP contribution in [-0.4, -0.2) is 42.7 Å². The number of hydrogen-bond donors (Lipinski definition) is 2. The van der Waals surface area contributed by atoms with Crippen LogP contribution in [0.15, 0.2) is 6.07 Å². The van der Waals surface area contributed by atoms with E-state index in [1.165, 1.54) is 4.88 Å². The molecule has 7 heteroatoms. The second kappa shape index (κ2) is 7.33. The minimum absolute atomic E-state index is 0.0811. The summed E-state index contributed by atoms with van der Waals surface area (Å²) in [4.78, 5) is 22.8. The monoisotopic (exact) mass is 308 g/mol. The summed E-state index contributed by atoms with van der Waals surface area (Å²) in [5.41, 5.74) is 0. The van der Waals surface area contributed by atoms with Gasteiger partial charge in [0, 0.05) is 18.5 Å². The fraction of sp³-hybridized carbons (Fsp3) is 0.500. The molecule has 0 fully saturated rings. The van der Waals surface area contributed by atoms with Crippen molar-refractivity contribution in [1.82, 2.24) is 15.3 Å². The van der Waals surface area contributed by atoms with E-state index in [4.69, 9.17) is 4.74 Å². The molecule has 1 amide bonds. The van der Waals surface area contributed by atoms with Crippen LogP contribution in [0.1, 0.15) is 17.6 Å². The van der Waals surface area contributed by atoms with Crippen molar-refractivity contribution in [2.75, 3.05) is 32.1 Å². The van der Waals surface area contributed by atoms with Gasteiger partial charge in [-0.3, -0.25) is 4.79 Å². The summed E-state index contributed by atoms with van der Waals surface area (Å²) in [6.07, 6.45) is 0.969. The maximum Gasteiger partial charge on any atom is 0.239 e. The Bertz CT molecular complexity index is 627. The molecule has 2 N–H and O–H groups in total. The van der Waals surface area contributed by atoms with E-state index in [1.54, 1.807) is 18.4 Å². The van der Waals surface area contributed by atoms with Gasteiger partial charge in [0.05, 0.1) is 18.5 Å². The van der Waals surface area contributed by atoms with Crippen LogP contribution in [0.4, 0.5) is 5.82 Å². The second-order valence-corrected chi connectivity index (χ2v) is 5.72. The maximum absolute atomic E-state index is 11.7. The normalized spacial score (nSPS) is 10.8. The lowest BCUT2D eigenvalue weighted by molar-refractivity contribution is -0.119. The fourth-order valence-corrected chi connectivity index (χ4v) is 2.92. The third kappa shape index (κ3) is 4.12. The third-order valence-electron chi connectivity index (χ3n) is 2.95. The Morgan fingerprint density at radius 2 is 2.24 bits per heavy atom. The van der Waals surface area contributed by atoms with Gasteiger partial charge in [0.1, 0.15) is 16.5 Å². The van der Waals surface area contributed by atoms with Gasteiger partial charge in [-0.05, 0) is 19.4 Å². The molecule has 0 unspecified atom stereocenters. The van der Waals surface area contributed by atoms with Gasteiger partial charge in [0.15, 0.2) is 0 Å². The lowest BCUT2D eigenvalue weighted by Gasteiger charge is -2.08. The maximum atomic E-state index is 11.7. The van der Waals surface area contributed by atoms with Crippen molar-refractivity contribution in [2.45, 2.75) is 20.3 Å². The first kappa shape index (κ1) is 15.7. The predicted octanol–water partition coefficient (Wildman–Crippen LogP) is 1.74. The van der Waals surface area contributed by atoms with Crippen molar-refractivity contribution < 1.29 is 9.53 Å². The van der Waals surface area contributed by atoms with Crippen LogP contribution in [0.3, 0.4) is 0 Å². The minimum Gasteiger partial charge on any atom is -0.383 e. The largest absolute Gasteiger partial charge is 0.383 e. The molecular weight excluding hydrogens is 288 g/mol. The Kier molecular flexibility index (Phi) is 5.46. The Labute approximate surface area is 127 Å². The molecule has 0 aliphatic heterocycles. The third-order valence-corrected chi connectivity index (χ3v) is 4.12. The number of amides is 1. The summed E-state index contributed by atoms with van der Waals surface area (Å²) in [5, 5.41) is 6.84. The number of hydrogen-bond acceptors (Lipinski definition) is 6. The number of carbonyl (C=O) groups is 1. The Balaban J connectivity index is 2.07. The molecule has 0 atom stereocenters. The van der Waals surface area contributed by atoms with Gasteiger partial charge in [-0.1, -0.05) is 6.92 Å². The number of aromatic nitrogens is 2. The molecule has 0 bridgehead atoms. The van der Waals surface area contributed by atoms with Crippen molar-refractivity contribution in [3.05, 3.63) is 16.8 Å². The molecule has 0 saturated heterocycles. The summed E-state index contributed by atoms with van der Waals surface area (Å²) in [6, 6.07) is 2.09. The van der Waals surface area contributed by atoms with Crippen LogP contribution >= 0.6 is 11.3 Å². The Hall–Kier alpha value is -1.73. The number of anilines is 1. The van der Waals surface area contributed by atoms with Crippen molar-refractivity contribution in [3.63, 3.8) is 0 Å². The average molecular weight is 308 g/mol. The molecule has 0 aliphatic carbocycles. The van der Waals surface area contributed by atoms with Crippen LogP contribution in [0.25, 0.3) is 10.2 Å². The Morgan fingerprint density at radius 1 is 1.43 bits per heavy atom. The highest BCUT2D eigenvalue weighted by atomic mass is 32.1. The first-order valence-corrected chi connectivity index (χ1v) is 7.72. The summed E-state index contributed by atoms with van der Waals surface area (Å²) in [7, 11) is 1.60. The van der Waals surface area contributed by atoms with E-state index >= 15 is 0 Å².